The van der Waals surface area contributed by atoms with Gasteiger partial charge in [0.25, 0.3) is 0 Å². The van der Waals surface area contributed by atoms with Crippen LogP contribution in [-0.4, -0.2) is 4.98 Å². The molecule has 0 bridgehead atoms. The van der Waals surface area contributed by atoms with Crippen molar-refractivity contribution < 1.29 is 0 Å². The zero-order chi connectivity index (χ0) is 23.3. The number of aromatic nitrogens is 1. The van der Waals surface area contributed by atoms with Gasteiger partial charge in [-0.15, -0.1) is 11.3 Å². The van der Waals surface area contributed by atoms with Crippen LogP contribution in [0.1, 0.15) is 62.4 Å². The van der Waals surface area contributed by atoms with Gasteiger partial charge in [0.2, 0.25) is 0 Å². The molecule has 3 aromatic carbocycles. The van der Waals surface area contributed by atoms with Gasteiger partial charge in [-0.25, -0.2) is 9.71 Å². The van der Waals surface area contributed by atoms with E-state index in [4.69, 9.17) is 4.98 Å². The SMILES string of the molecule is CC.CC.CCc1ccc2nc(C(Cc3cccc(C)c3)NSc3ccccc3)sc2c1. The smallest absolute Gasteiger partial charge is 0.112 e. The third-order valence-electron chi connectivity index (χ3n) is 4.76. The summed E-state index contributed by atoms with van der Waals surface area (Å²) in [5, 5.41) is 1.15. The van der Waals surface area contributed by atoms with Crippen LogP contribution in [0.3, 0.4) is 0 Å². The summed E-state index contributed by atoms with van der Waals surface area (Å²) in [4.78, 5) is 6.18. The highest BCUT2D eigenvalue weighted by Gasteiger charge is 2.18. The Kier molecular flexibility index (Phi) is 11.5. The standard InChI is InChI=1S/C24H24N2S2.2C2H6/c1-3-18-12-13-21-23(16-18)27-24(25-21)22(15-19-9-7-8-17(2)14-19)26-28-20-10-5-4-6-11-20;2*1-2/h4-14,16,22,26H,3,15H2,1-2H3;2*1-2H3. The van der Waals surface area contributed by atoms with Gasteiger partial charge in [0.15, 0.2) is 0 Å². The second-order valence-electron chi connectivity index (χ2n) is 6.99. The van der Waals surface area contributed by atoms with E-state index in [1.807, 2.05) is 33.8 Å². The van der Waals surface area contributed by atoms with E-state index >= 15 is 0 Å². The van der Waals surface area contributed by atoms with Crippen molar-refractivity contribution in [1.29, 1.82) is 0 Å². The lowest BCUT2D eigenvalue weighted by Gasteiger charge is -2.16. The lowest BCUT2D eigenvalue weighted by Crippen LogP contribution is -2.16. The van der Waals surface area contributed by atoms with Gasteiger partial charge in [0.05, 0.1) is 16.3 Å². The van der Waals surface area contributed by atoms with E-state index in [1.54, 1.807) is 23.3 Å². The largest absolute Gasteiger partial charge is 0.250 e. The Morgan fingerprint density at radius 2 is 1.62 bits per heavy atom. The molecule has 1 heterocycles. The van der Waals surface area contributed by atoms with Crippen molar-refractivity contribution in [2.75, 3.05) is 0 Å². The fourth-order valence-electron chi connectivity index (χ4n) is 3.24. The van der Waals surface area contributed by atoms with Crippen LogP contribution in [0.4, 0.5) is 0 Å². The number of fused-ring (bicyclic) bond motifs is 1. The molecule has 1 unspecified atom stereocenters. The summed E-state index contributed by atoms with van der Waals surface area (Å²) in [5.41, 5.74) is 5.09. The van der Waals surface area contributed by atoms with Gasteiger partial charge in [-0.05, 0) is 67.1 Å². The Bertz CT molecular complexity index is 1060. The Morgan fingerprint density at radius 3 is 2.31 bits per heavy atom. The van der Waals surface area contributed by atoms with Gasteiger partial charge in [-0.2, -0.15) is 0 Å². The van der Waals surface area contributed by atoms with Crippen LogP contribution in [0.15, 0.2) is 77.7 Å². The maximum Gasteiger partial charge on any atom is 0.112 e. The third-order valence-corrected chi connectivity index (χ3v) is 6.80. The zero-order valence-corrected chi connectivity index (χ0v) is 21.8. The molecule has 32 heavy (non-hydrogen) atoms. The molecule has 0 spiro atoms. The van der Waals surface area contributed by atoms with Gasteiger partial charge in [-0.1, -0.05) is 88.7 Å². The van der Waals surface area contributed by atoms with Crippen LogP contribution in [-0.2, 0) is 12.8 Å². The number of rotatable bonds is 7. The molecular formula is C28H36N2S2. The predicted octanol–water partition coefficient (Wildman–Crippen LogP) is 8.80. The second-order valence-corrected chi connectivity index (χ2v) is 8.96. The van der Waals surface area contributed by atoms with Crippen LogP contribution in [0.5, 0.6) is 0 Å². The van der Waals surface area contributed by atoms with Crippen molar-refractivity contribution in [3.8, 4) is 0 Å². The minimum Gasteiger partial charge on any atom is -0.250 e. The molecule has 0 aliphatic heterocycles. The molecule has 4 heteroatoms. The van der Waals surface area contributed by atoms with Gasteiger partial charge in [0, 0.05) is 4.90 Å². The van der Waals surface area contributed by atoms with Crippen molar-refractivity contribution in [3.63, 3.8) is 0 Å². The average Bonchev–Trinajstić information content (AvgIpc) is 3.28. The van der Waals surface area contributed by atoms with E-state index in [9.17, 15) is 0 Å². The van der Waals surface area contributed by atoms with Gasteiger partial charge >= 0.3 is 0 Å². The molecule has 0 fully saturated rings. The molecule has 2 nitrogen and oxygen atoms in total. The fraction of sp³-hybridized carbons (Fsp3) is 0.321. The van der Waals surface area contributed by atoms with Crippen molar-refractivity contribution in [1.82, 2.24) is 9.71 Å². The molecule has 170 valence electrons. The summed E-state index contributed by atoms with van der Waals surface area (Å²) in [6.07, 6.45) is 1.97. The molecule has 0 aliphatic carbocycles. The number of hydrogen-bond acceptors (Lipinski definition) is 4. The summed E-state index contributed by atoms with van der Waals surface area (Å²) >= 11 is 3.49. The van der Waals surface area contributed by atoms with Crippen molar-refractivity contribution in [2.24, 2.45) is 0 Å². The number of thiazole rings is 1. The first kappa shape index (κ1) is 26.1. The summed E-state index contributed by atoms with van der Waals surface area (Å²) in [6, 6.07) is 26.0. The molecule has 1 atom stereocenters. The Morgan fingerprint density at radius 1 is 0.875 bits per heavy atom. The highest BCUT2D eigenvalue weighted by Crippen LogP contribution is 2.31. The van der Waals surface area contributed by atoms with Crippen LogP contribution in [0.2, 0.25) is 0 Å². The number of nitrogens with one attached hydrogen (secondary N) is 1. The molecule has 0 amide bonds. The van der Waals surface area contributed by atoms with E-state index in [2.05, 4.69) is 85.3 Å². The van der Waals surface area contributed by atoms with Crippen LogP contribution in [0.25, 0.3) is 10.2 Å². The normalized spacial score (nSPS) is 11.2. The molecule has 4 rings (SSSR count). The highest BCUT2D eigenvalue weighted by atomic mass is 32.2. The average molecular weight is 465 g/mol. The Hall–Kier alpha value is -2.14. The first-order valence-corrected chi connectivity index (χ1v) is 13.3. The van der Waals surface area contributed by atoms with Crippen LogP contribution >= 0.6 is 23.3 Å². The van der Waals surface area contributed by atoms with E-state index in [-0.39, 0.29) is 6.04 Å². The molecule has 4 aromatic rings. The topological polar surface area (TPSA) is 24.9 Å². The van der Waals surface area contributed by atoms with Crippen molar-refractivity contribution in [2.45, 2.75) is 65.3 Å². The Balaban J connectivity index is 0.000000860. The minimum absolute atomic E-state index is 0.162. The van der Waals surface area contributed by atoms with Crippen LogP contribution in [0, 0.1) is 6.92 Å². The summed E-state index contributed by atoms with van der Waals surface area (Å²) in [5.74, 6) is 0. The van der Waals surface area contributed by atoms with E-state index in [0.29, 0.717) is 0 Å². The van der Waals surface area contributed by atoms with Gasteiger partial charge < -0.3 is 0 Å². The molecule has 1 N–H and O–H groups in total. The lowest BCUT2D eigenvalue weighted by molar-refractivity contribution is 0.668. The minimum atomic E-state index is 0.162. The predicted molar refractivity (Wildman–Crippen MR) is 145 cm³/mol. The van der Waals surface area contributed by atoms with Gasteiger partial charge in [-0.3, -0.25) is 0 Å². The van der Waals surface area contributed by atoms with Crippen LogP contribution < -0.4 is 4.72 Å². The summed E-state index contributed by atoms with van der Waals surface area (Å²) < 4.78 is 4.95. The zero-order valence-electron chi connectivity index (χ0n) is 20.2. The summed E-state index contributed by atoms with van der Waals surface area (Å²) in [7, 11) is 0. The molecular weight excluding hydrogens is 428 g/mol. The first-order valence-electron chi connectivity index (χ1n) is 11.6. The number of nitrogens with zero attached hydrogens (tertiary/aromatic N) is 1. The molecule has 0 saturated carbocycles. The quantitative estimate of drug-likeness (QED) is 0.277. The van der Waals surface area contributed by atoms with E-state index < -0.39 is 0 Å². The Labute approximate surface area is 202 Å². The third kappa shape index (κ3) is 7.47. The molecule has 0 aliphatic rings. The maximum atomic E-state index is 4.96. The molecule has 0 radical (unpaired) electrons. The number of hydrogen-bond donors (Lipinski definition) is 1. The monoisotopic (exact) mass is 464 g/mol. The van der Waals surface area contributed by atoms with Crippen molar-refractivity contribution in [3.05, 3.63) is 94.5 Å². The molecule has 0 saturated heterocycles. The van der Waals surface area contributed by atoms with E-state index in [1.165, 1.54) is 26.3 Å². The summed E-state index contributed by atoms with van der Waals surface area (Å²) in [6.45, 7) is 12.3. The lowest BCUT2D eigenvalue weighted by atomic mass is 10.0. The maximum absolute atomic E-state index is 4.96. The van der Waals surface area contributed by atoms with Gasteiger partial charge in [0.1, 0.15) is 5.01 Å². The first-order chi connectivity index (χ1) is 15.7. The molecule has 1 aromatic heterocycles. The fourth-order valence-corrected chi connectivity index (χ4v) is 5.16. The second kappa shape index (κ2) is 14.1. The highest BCUT2D eigenvalue weighted by molar-refractivity contribution is 7.97. The van der Waals surface area contributed by atoms with E-state index in [0.717, 1.165) is 23.4 Å². The number of aryl methyl sites for hydroxylation is 2. The van der Waals surface area contributed by atoms with Crippen molar-refractivity contribution >= 4 is 33.5 Å². The number of benzene rings is 3.